The number of fused-ring (bicyclic) bond motifs is 3. The maximum atomic E-state index is 5.35. The molecule has 0 saturated carbocycles. The fraction of sp³-hybridized carbons (Fsp3) is 0.0638. The molecular weight excluding hydrogens is 621 g/mol. The minimum atomic E-state index is -0.423. The maximum absolute atomic E-state index is 5.35. The molecule has 9 rings (SSSR count). The zero-order valence-electron chi connectivity index (χ0n) is 28.5. The molecule has 0 radical (unpaired) electrons. The lowest BCUT2D eigenvalue weighted by molar-refractivity contribution is 0.625. The van der Waals surface area contributed by atoms with Gasteiger partial charge in [-0.1, -0.05) is 117 Å². The number of pyridine rings is 4. The fourth-order valence-corrected chi connectivity index (χ4v) is 7.70. The summed E-state index contributed by atoms with van der Waals surface area (Å²) >= 11 is 0. The first-order valence-electron chi connectivity index (χ1n) is 17.3. The maximum Gasteiger partial charge on any atom is 0.0893 e. The summed E-state index contributed by atoms with van der Waals surface area (Å²) in [4.78, 5) is 19.8. The SMILES string of the molecule is CC1(C)C2=Cc3cccc(-c4cccc(-c5ccccn5)n4)c3C2=C(c2ccccc2)C(c2ccccc2)=C1c1cccc(-c2ccccn2)n1. The molecule has 3 aromatic carbocycles. The first-order chi connectivity index (χ1) is 25.1. The van der Waals surface area contributed by atoms with Gasteiger partial charge < -0.3 is 0 Å². The van der Waals surface area contributed by atoms with E-state index in [1.807, 2.05) is 60.9 Å². The second kappa shape index (κ2) is 12.4. The Bertz CT molecular complexity index is 2510. The van der Waals surface area contributed by atoms with Gasteiger partial charge in [0.1, 0.15) is 0 Å². The van der Waals surface area contributed by atoms with E-state index in [9.17, 15) is 0 Å². The molecule has 2 aliphatic carbocycles. The van der Waals surface area contributed by atoms with E-state index >= 15 is 0 Å². The quantitative estimate of drug-likeness (QED) is 0.179. The van der Waals surface area contributed by atoms with E-state index in [4.69, 9.17) is 9.97 Å². The van der Waals surface area contributed by atoms with Gasteiger partial charge in [-0.15, -0.1) is 0 Å². The fourth-order valence-electron chi connectivity index (χ4n) is 7.70. The molecule has 4 nitrogen and oxygen atoms in total. The molecule has 0 bridgehead atoms. The second-order valence-electron chi connectivity index (χ2n) is 13.4. The Morgan fingerprint density at radius 2 is 0.922 bits per heavy atom. The summed E-state index contributed by atoms with van der Waals surface area (Å²) in [5, 5.41) is 0. The van der Waals surface area contributed by atoms with Crippen LogP contribution in [0.4, 0.5) is 0 Å². The third-order valence-corrected chi connectivity index (χ3v) is 9.97. The van der Waals surface area contributed by atoms with Gasteiger partial charge >= 0.3 is 0 Å². The van der Waals surface area contributed by atoms with Crippen LogP contribution in [-0.4, -0.2) is 19.9 Å². The highest BCUT2D eigenvalue weighted by Gasteiger charge is 2.44. The molecule has 0 unspecified atom stereocenters. The predicted octanol–water partition coefficient (Wildman–Crippen LogP) is 11.2. The van der Waals surface area contributed by atoms with Gasteiger partial charge in [0.15, 0.2) is 0 Å². The second-order valence-corrected chi connectivity index (χ2v) is 13.4. The molecule has 0 atom stereocenters. The lowest BCUT2D eigenvalue weighted by atomic mass is 9.63. The number of rotatable bonds is 6. The third kappa shape index (κ3) is 5.24. The highest BCUT2D eigenvalue weighted by atomic mass is 14.8. The Labute approximate surface area is 298 Å². The van der Waals surface area contributed by atoms with E-state index < -0.39 is 5.41 Å². The molecule has 4 heterocycles. The van der Waals surface area contributed by atoms with Crippen molar-refractivity contribution < 1.29 is 0 Å². The lowest BCUT2D eigenvalue weighted by Gasteiger charge is -2.40. The summed E-state index contributed by atoms with van der Waals surface area (Å²) in [6, 6.07) is 52.7. The Balaban J connectivity index is 1.36. The van der Waals surface area contributed by atoms with Crippen molar-refractivity contribution in [3.05, 3.63) is 198 Å². The zero-order chi connectivity index (χ0) is 34.4. The first kappa shape index (κ1) is 30.5. The number of hydrogen-bond donors (Lipinski definition) is 0. The molecule has 0 amide bonds. The van der Waals surface area contributed by atoms with E-state index in [2.05, 4.69) is 133 Å². The Hall–Kier alpha value is -6.52. The van der Waals surface area contributed by atoms with Crippen LogP contribution in [0.5, 0.6) is 0 Å². The molecule has 0 spiro atoms. The van der Waals surface area contributed by atoms with Crippen molar-refractivity contribution >= 4 is 28.4 Å². The lowest BCUT2D eigenvalue weighted by Crippen LogP contribution is -2.24. The summed E-state index contributed by atoms with van der Waals surface area (Å²) < 4.78 is 0. The molecule has 2 aliphatic rings. The van der Waals surface area contributed by atoms with Crippen LogP contribution < -0.4 is 0 Å². The molecular formula is C47H34N4. The van der Waals surface area contributed by atoms with Crippen molar-refractivity contribution in [3.8, 4) is 34.0 Å². The monoisotopic (exact) mass is 654 g/mol. The molecule has 4 heteroatoms. The predicted molar refractivity (Wildman–Crippen MR) is 209 cm³/mol. The van der Waals surface area contributed by atoms with Crippen molar-refractivity contribution in [2.45, 2.75) is 13.8 Å². The summed E-state index contributed by atoms with van der Waals surface area (Å²) in [5.74, 6) is 0. The number of allylic oxidation sites excluding steroid dienone is 5. The zero-order valence-corrected chi connectivity index (χ0v) is 28.5. The van der Waals surface area contributed by atoms with E-state index in [1.54, 1.807) is 0 Å². The van der Waals surface area contributed by atoms with Crippen molar-refractivity contribution in [1.82, 2.24) is 19.9 Å². The van der Waals surface area contributed by atoms with Gasteiger partial charge in [0.25, 0.3) is 0 Å². The minimum Gasteiger partial charge on any atom is -0.255 e. The number of hydrogen-bond acceptors (Lipinski definition) is 4. The number of nitrogens with zero attached hydrogens (tertiary/aromatic N) is 4. The normalized spacial score (nSPS) is 14.6. The van der Waals surface area contributed by atoms with Crippen LogP contribution >= 0.6 is 0 Å². The van der Waals surface area contributed by atoms with Crippen molar-refractivity contribution in [2.75, 3.05) is 0 Å². The highest BCUT2D eigenvalue weighted by Crippen LogP contribution is 2.62. The van der Waals surface area contributed by atoms with Gasteiger partial charge in [-0.05, 0) is 105 Å². The van der Waals surface area contributed by atoms with Crippen LogP contribution in [0, 0.1) is 5.41 Å². The summed E-state index contributed by atoms with van der Waals surface area (Å²) in [5.41, 5.74) is 16.7. The summed E-state index contributed by atoms with van der Waals surface area (Å²) in [7, 11) is 0. The Morgan fingerprint density at radius 3 is 1.53 bits per heavy atom. The Morgan fingerprint density at radius 1 is 0.412 bits per heavy atom. The minimum absolute atomic E-state index is 0.423. The van der Waals surface area contributed by atoms with E-state index in [0.29, 0.717) is 0 Å². The van der Waals surface area contributed by atoms with Gasteiger partial charge in [-0.25, -0.2) is 9.97 Å². The van der Waals surface area contributed by atoms with Gasteiger partial charge in [-0.2, -0.15) is 0 Å². The van der Waals surface area contributed by atoms with Gasteiger partial charge in [0.05, 0.1) is 34.2 Å². The molecule has 0 N–H and O–H groups in total. The van der Waals surface area contributed by atoms with Crippen molar-refractivity contribution in [3.63, 3.8) is 0 Å². The molecule has 0 fully saturated rings. The molecule has 0 aliphatic heterocycles. The van der Waals surface area contributed by atoms with E-state index in [0.717, 1.165) is 50.9 Å². The summed E-state index contributed by atoms with van der Waals surface area (Å²) in [6.07, 6.45) is 6.03. The van der Waals surface area contributed by atoms with Crippen LogP contribution in [0.3, 0.4) is 0 Å². The number of benzene rings is 3. The Kier molecular flexibility index (Phi) is 7.44. The van der Waals surface area contributed by atoms with E-state index in [1.165, 1.54) is 39.0 Å². The molecule has 4 aromatic heterocycles. The van der Waals surface area contributed by atoms with Crippen LogP contribution in [0.1, 0.15) is 41.8 Å². The van der Waals surface area contributed by atoms with Gasteiger partial charge in [0, 0.05) is 23.4 Å². The molecule has 7 aromatic rings. The standard InChI is InChI=1S/C47H34N4/c1-47(2)35-30-33-20-13-21-34(36-24-14-25-39(50-36)37-22-9-11-28-48-37)42(33)45(35)43(31-16-5-3-6-17-31)44(32-18-7-4-8-19-32)46(47)41-27-15-26-40(51-41)38-23-10-12-29-49-38/h3-30H,1-2H3. The van der Waals surface area contributed by atoms with Crippen LogP contribution in [-0.2, 0) is 0 Å². The van der Waals surface area contributed by atoms with Crippen LogP contribution in [0.2, 0.25) is 0 Å². The average molecular weight is 655 g/mol. The average Bonchev–Trinajstić information content (AvgIpc) is 3.60. The highest BCUT2D eigenvalue weighted by molar-refractivity contribution is 6.30. The van der Waals surface area contributed by atoms with Crippen molar-refractivity contribution in [2.24, 2.45) is 5.41 Å². The smallest absolute Gasteiger partial charge is 0.0893 e. The summed E-state index contributed by atoms with van der Waals surface area (Å²) in [6.45, 7) is 4.69. The molecule has 0 saturated heterocycles. The largest absolute Gasteiger partial charge is 0.255 e. The van der Waals surface area contributed by atoms with E-state index in [-0.39, 0.29) is 0 Å². The van der Waals surface area contributed by atoms with Gasteiger partial charge in [0.2, 0.25) is 0 Å². The number of aromatic nitrogens is 4. The molecule has 242 valence electrons. The third-order valence-electron chi connectivity index (χ3n) is 9.97. The topological polar surface area (TPSA) is 51.6 Å². The van der Waals surface area contributed by atoms with Crippen molar-refractivity contribution in [1.29, 1.82) is 0 Å². The van der Waals surface area contributed by atoms with Gasteiger partial charge in [-0.3, -0.25) is 9.97 Å². The van der Waals surface area contributed by atoms with Crippen LogP contribution in [0.25, 0.3) is 62.4 Å². The van der Waals surface area contributed by atoms with Crippen LogP contribution in [0.15, 0.2) is 170 Å². The molecule has 51 heavy (non-hydrogen) atoms. The first-order valence-corrected chi connectivity index (χ1v) is 17.3.